The first-order valence-corrected chi connectivity index (χ1v) is 8.63. The van der Waals surface area contributed by atoms with Crippen molar-refractivity contribution in [1.82, 2.24) is 24.2 Å². The maximum Gasteiger partial charge on any atom is 0.254 e. The van der Waals surface area contributed by atoms with E-state index < -0.39 is 0 Å². The lowest BCUT2D eigenvalue weighted by atomic mass is 10.1. The van der Waals surface area contributed by atoms with Crippen LogP contribution in [0.1, 0.15) is 28.8 Å². The van der Waals surface area contributed by atoms with Gasteiger partial charge >= 0.3 is 0 Å². The molecule has 6 heteroatoms. The minimum atomic E-state index is 0.113. The zero-order valence-electron chi connectivity index (χ0n) is 14.0. The minimum absolute atomic E-state index is 0.113. The smallest absolute Gasteiger partial charge is 0.254 e. The number of likely N-dealkylation sites (tertiary alicyclic amines) is 1. The van der Waals surface area contributed by atoms with Gasteiger partial charge in [-0.3, -0.25) is 9.48 Å². The summed E-state index contributed by atoms with van der Waals surface area (Å²) in [4.78, 5) is 19.1. The highest BCUT2D eigenvalue weighted by Crippen LogP contribution is 2.22. The summed E-state index contributed by atoms with van der Waals surface area (Å²) in [6.07, 6.45) is 11.3. The molecule has 0 spiro atoms. The Balaban J connectivity index is 1.49. The van der Waals surface area contributed by atoms with Crippen molar-refractivity contribution in [3.63, 3.8) is 0 Å². The quantitative estimate of drug-likeness (QED) is 0.719. The van der Waals surface area contributed by atoms with E-state index >= 15 is 0 Å². The zero-order valence-corrected chi connectivity index (χ0v) is 14.0. The van der Waals surface area contributed by atoms with E-state index in [0.717, 1.165) is 43.6 Å². The van der Waals surface area contributed by atoms with Gasteiger partial charge in [0.25, 0.3) is 5.91 Å². The molecule has 4 rings (SSSR count). The molecule has 0 saturated carbocycles. The van der Waals surface area contributed by atoms with Gasteiger partial charge in [-0.2, -0.15) is 5.10 Å². The Morgan fingerprint density at radius 2 is 2.16 bits per heavy atom. The molecule has 0 N–H and O–H groups in total. The second-order valence-corrected chi connectivity index (χ2v) is 6.46. The number of hydrogen-bond acceptors (Lipinski definition) is 3. The fourth-order valence-electron chi connectivity index (χ4n) is 3.48. The van der Waals surface area contributed by atoms with Crippen molar-refractivity contribution in [2.24, 2.45) is 0 Å². The number of hydrogen-bond donors (Lipinski definition) is 0. The first-order valence-electron chi connectivity index (χ1n) is 8.63. The maximum absolute atomic E-state index is 13.0. The summed E-state index contributed by atoms with van der Waals surface area (Å²) in [5.74, 6) is 0.113. The molecule has 0 radical (unpaired) electrons. The first kappa shape index (κ1) is 15.6. The number of nitrogens with zero attached hydrogens (tertiary/aromatic N) is 5. The molecule has 1 aliphatic heterocycles. The molecule has 1 amide bonds. The first-order chi connectivity index (χ1) is 12.3. The van der Waals surface area contributed by atoms with E-state index in [0.29, 0.717) is 0 Å². The van der Waals surface area contributed by atoms with Gasteiger partial charge in [-0.1, -0.05) is 12.1 Å². The van der Waals surface area contributed by atoms with Crippen LogP contribution >= 0.6 is 0 Å². The largest absolute Gasteiger partial charge is 0.334 e. The van der Waals surface area contributed by atoms with Gasteiger partial charge in [0.2, 0.25) is 0 Å². The molecule has 1 fully saturated rings. The Kier molecular flexibility index (Phi) is 4.33. The molecule has 1 aromatic carbocycles. The summed E-state index contributed by atoms with van der Waals surface area (Å²) >= 11 is 0. The molecular formula is C19H21N5O. The van der Waals surface area contributed by atoms with Crippen LogP contribution in [0, 0.1) is 0 Å². The van der Waals surface area contributed by atoms with Crippen LogP contribution in [0.15, 0.2) is 61.4 Å². The molecule has 1 saturated heterocycles. The lowest BCUT2D eigenvalue weighted by Crippen LogP contribution is -2.38. The third kappa shape index (κ3) is 3.47. The van der Waals surface area contributed by atoms with Crippen LogP contribution in [0.25, 0.3) is 0 Å². The molecule has 0 bridgehead atoms. The molecular weight excluding hydrogens is 314 g/mol. The number of imidazole rings is 1. The van der Waals surface area contributed by atoms with Gasteiger partial charge < -0.3 is 9.47 Å². The van der Waals surface area contributed by atoms with Crippen LogP contribution in [-0.2, 0) is 13.1 Å². The van der Waals surface area contributed by atoms with Gasteiger partial charge in [-0.25, -0.2) is 4.98 Å². The second kappa shape index (κ2) is 6.93. The van der Waals surface area contributed by atoms with Crippen LogP contribution in [0.2, 0.25) is 0 Å². The van der Waals surface area contributed by atoms with E-state index in [4.69, 9.17) is 0 Å². The lowest BCUT2D eigenvalue weighted by molar-refractivity contribution is 0.0721. The summed E-state index contributed by atoms with van der Waals surface area (Å²) < 4.78 is 3.91. The zero-order chi connectivity index (χ0) is 17.1. The van der Waals surface area contributed by atoms with E-state index in [-0.39, 0.29) is 11.9 Å². The molecule has 25 heavy (non-hydrogen) atoms. The molecule has 3 heterocycles. The summed E-state index contributed by atoms with van der Waals surface area (Å²) in [6.45, 7) is 2.29. The number of carbonyl (C=O) groups is 1. The van der Waals surface area contributed by atoms with Crippen LogP contribution in [-0.4, -0.2) is 42.7 Å². The fraction of sp³-hybridized carbons (Fsp3) is 0.316. The van der Waals surface area contributed by atoms with Crippen molar-refractivity contribution >= 4 is 5.91 Å². The van der Waals surface area contributed by atoms with E-state index in [9.17, 15) is 4.79 Å². The normalized spacial score (nSPS) is 17.1. The van der Waals surface area contributed by atoms with E-state index in [1.807, 2.05) is 56.9 Å². The second-order valence-electron chi connectivity index (χ2n) is 6.46. The molecule has 6 nitrogen and oxygen atoms in total. The SMILES string of the molecule is O=C(c1cccc(Cn2ccnc2)c1)N1CCC[C@H]1Cn1cccn1. The highest BCUT2D eigenvalue weighted by molar-refractivity contribution is 5.94. The molecule has 1 aliphatic rings. The fourth-order valence-corrected chi connectivity index (χ4v) is 3.48. The highest BCUT2D eigenvalue weighted by atomic mass is 16.2. The monoisotopic (exact) mass is 335 g/mol. The average Bonchev–Trinajstić information content (AvgIpc) is 3.38. The van der Waals surface area contributed by atoms with Crippen LogP contribution in [0.4, 0.5) is 0 Å². The number of rotatable bonds is 5. The minimum Gasteiger partial charge on any atom is -0.334 e. The van der Waals surface area contributed by atoms with Gasteiger partial charge in [0, 0.05) is 43.4 Å². The van der Waals surface area contributed by atoms with Crippen LogP contribution in [0.5, 0.6) is 0 Å². The van der Waals surface area contributed by atoms with Crippen molar-refractivity contribution in [1.29, 1.82) is 0 Å². The molecule has 2 aromatic heterocycles. The predicted molar refractivity (Wildman–Crippen MR) is 94.1 cm³/mol. The van der Waals surface area contributed by atoms with Crippen molar-refractivity contribution in [2.45, 2.75) is 32.0 Å². The van der Waals surface area contributed by atoms with Crippen LogP contribution in [0.3, 0.4) is 0 Å². The van der Waals surface area contributed by atoms with E-state index in [1.54, 1.807) is 18.7 Å². The van der Waals surface area contributed by atoms with Crippen molar-refractivity contribution in [3.05, 3.63) is 72.6 Å². The number of amides is 1. The predicted octanol–water partition coefficient (Wildman–Crippen LogP) is 2.43. The van der Waals surface area contributed by atoms with Crippen molar-refractivity contribution in [3.8, 4) is 0 Å². The summed E-state index contributed by atoms with van der Waals surface area (Å²) in [7, 11) is 0. The molecule has 0 unspecified atom stereocenters. The van der Waals surface area contributed by atoms with Gasteiger partial charge in [-0.15, -0.1) is 0 Å². The Morgan fingerprint density at radius 3 is 2.96 bits per heavy atom. The summed E-state index contributed by atoms with van der Waals surface area (Å²) in [6, 6.07) is 10.0. The summed E-state index contributed by atoms with van der Waals surface area (Å²) in [5.41, 5.74) is 1.86. The molecule has 1 atom stereocenters. The van der Waals surface area contributed by atoms with Crippen LogP contribution < -0.4 is 0 Å². The Labute approximate surface area is 146 Å². The van der Waals surface area contributed by atoms with Gasteiger partial charge in [-0.05, 0) is 36.6 Å². The molecule has 0 aliphatic carbocycles. The third-order valence-corrected chi connectivity index (χ3v) is 4.69. The van der Waals surface area contributed by atoms with Gasteiger partial charge in [0.15, 0.2) is 0 Å². The molecule has 3 aromatic rings. The van der Waals surface area contributed by atoms with Gasteiger partial charge in [0.1, 0.15) is 0 Å². The Hall–Kier alpha value is -2.89. The standard InChI is InChI=1S/C19H21N5O/c25-19(24-10-2-6-18(24)14-23-9-3-7-21-23)17-5-1-4-16(12-17)13-22-11-8-20-15-22/h1,3-5,7-9,11-12,15,18H,2,6,10,13-14H2/t18-/m0/s1. The number of carbonyl (C=O) groups excluding carboxylic acids is 1. The van der Waals surface area contributed by atoms with E-state index in [1.165, 1.54) is 0 Å². The highest BCUT2D eigenvalue weighted by Gasteiger charge is 2.29. The lowest BCUT2D eigenvalue weighted by Gasteiger charge is -2.25. The average molecular weight is 335 g/mol. The van der Waals surface area contributed by atoms with Gasteiger partial charge in [0.05, 0.1) is 18.9 Å². The van der Waals surface area contributed by atoms with E-state index in [2.05, 4.69) is 10.1 Å². The Bertz CT molecular complexity index is 825. The van der Waals surface area contributed by atoms with Crippen molar-refractivity contribution < 1.29 is 4.79 Å². The number of benzene rings is 1. The summed E-state index contributed by atoms with van der Waals surface area (Å²) in [5, 5.41) is 4.27. The topological polar surface area (TPSA) is 56.0 Å². The maximum atomic E-state index is 13.0. The Morgan fingerprint density at radius 1 is 1.20 bits per heavy atom. The van der Waals surface area contributed by atoms with Crippen molar-refractivity contribution in [2.75, 3.05) is 6.54 Å². The third-order valence-electron chi connectivity index (χ3n) is 4.69. The number of aromatic nitrogens is 4. The molecule has 128 valence electrons.